The number of nitrogens with one attached hydrogen (secondary N) is 1. The minimum Gasteiger partial charge on any atom is -0.349 e. The van der Waals surface area contributed by atoms with Crippen molar-refractivity contribution in [1.29, 1.82) is 0 Å². The predicted molar refractivity (Wildman–Crippen MR) is 82.5 cm³/mol. The molecule has 0 saturated carbocycles. The van der Waals surface area contributed by atoms with Crippen molar-refractivity contribution >= 4 is 28.5 Å². The Morgan fingerprint density at radius 3 is 3.00 bits per heavy atom. The van der Waals surface area contributed by atoms with Crippen LogP contribution in [0.3, 0.4) is 0 Å². The number of hydrogen-bond acceptors (Lipinski definition) is 2. The van der Waals surface area contributed by atoms with Crippen molar-refractivity contribution < 1.29 is 9.18 Å². The van der Waals surface area contributed by atoms with Crippen LogP contribution in [0.2, 0.25) is 5.02 Å². The van der Waals surface area contributed by atoms with Crippen LogP contribution in [0, 0.1) is 5.82 Å². The summed E-state index contributed by atoms with van der Waals surface area (Å²) < 4.78 is 15.8. The van der Waals surface area contributed by atoms with E-state index < -0.39 is 5.82 Å². The third-order valence-corrected chi connectivity index (χ3v) is 4.17. The van der Waals surface area contributed by atoms with Gasteiger partial charge in [-0.25, -0.2) is 4.39 Å². The van der Waals surface area contributed by atoms with Gasteiger partial charge in [-0.1, -0.05) is 17.7 Å². The van der Waals surface area contributed by atoms with Crippen LogP contribution in [-0.2, 0) is 6.54 Å². The molecule has 0 spiro atoms. The first-order valence-corrected chi connectivity index (χ1v) is 7.25. The first kappa shape index (κ1) is 13.3. The molecule has 0 atom stereocenters. The van der Waals surface area contributed by atoms with E-state index in [1.807, 2.05) is 16.7 Å². The molecule has 1 aliphatic rings. The number of halogens is 2. The summed E-state index contributed by atoms with van der Waals surface area (Å²) in [6.45, 7) is 1.23. The quantitative estimate of drug-likeness (QED) is 0.749. The van der Waals surface area contributed by atoms with Gasteiger partial charge in [0.25, 0.3) is 5.91 Å². The van der Waals surface area contributed by atoms with Crippen LogP contribution in [-0.4, -0.2) is 22.0 Å². The topological polar surface area (TPSA) is 46.9 Å². The van der Waals surface area contributed by atoms with Crippen LogP contribution in [0.5, 0.6) is 0 Å². The van der Waals surface area contributed by atoms with Gasteiger partial charge in [-0.15, -0.1) is 0 Å². The molecule has 22 heavy (non-hydrogen) atoms. The van der Waals surface area contributed by atoms with Gasteiger partial charge in [0.2, 0.25) is 0 Å². The number of carbonyl (C=O) groups is 1. The predicted octanol–water partition coefficient (Wildman–Crippen LogP) is 3.24. The Labute approximate surface area is 130 Å². The number of aromatic nitrogens is 2. The maximum absolute atomic E-state index is 13.8. The minimum atomic E-state index is -0.514. The lowest BCUT2D eigenvalue weighted by atomic mass is 10.0. The van der Waals surface area contributed by atoms with Gasteiger partial charge in [0.15, 0.2) is 0 Å². The molecule has 6 heteroatoms. The molecule has 4 nitrogen and oxygen atoms in total. The number of rotatable bonds is 1. The number of carbonyl (C=O) groups excluding carboxylic acids is 1. The molecule has 110 valence electrons. The monoisotopic (exact) mass is 315 g/mol. The fourth-order valence-corrected chi connectivity index (χ4v) is 3.05. The van der Waals surface area contributed by atoms with Gasteiger partial charge < -0.3 is 9.88 Å². The van der Waals surface area contributed by atoms with Crippen molar-refractivity contribution in [1.82, 2.24) is 14.9 Å². The van der Waals surface area contributed by atoms with E-state index in [0.29, 0.717) is 35.4 Å². The van der Waals surface area contributed by atoms with Crippen LogP contribution >= 0.6 is 11.6 Å². The molecule has 1 aromatic carbocycles. The standard InChI is InChI=1S/C16H11ClFN3O/c17-10-4-3-9(8-11(10)18)13-14-12(2-1-5-19-14)21-7-6-20-16(22)15(13)21/h1-5,8H,6-7H2,(H,20,22). The Morgan fingerprint density at radius 1 is 1.32 bits per heavy atom. The highest BCUT2D eigenvalue weighted by Crippen LogP contribution is 2.35. The van der Waals surface area contributed by atoms with Gasteiger partial charge in [-0.3, -0.25) is 9.78 Å². The summed E-state index contributed by atoms with van der Waals surface area (Å²) in [4.78, 5) is 16.7. The van der Waals surface area contributed by atoms with Crippen molar-refractivity contribution in [2.75, 3.05) is 6.54 Å². The van der Waals surface area contributed by atoms with Crippen LogP contribution in [0.4, 0.5) is 4.39 Å². The van der Waals surface area contributed by atoms with E-state index in [-0.39, 0.29) is 10.9 Å². The minimum absolute atomic E-state index is 0.0542. The molecule has 3 heterocycles. The lowest BCUT2D eigenvalue weighted by Crippen LogP contribution is -2.35. The lowest BCUT2D eigenvalue weighted by Gasteiger charge is -2.17. The third-order valence-electron chi connectivity index (χ3n) is 3.87. The second-order valence-electron chi connectivity index (χ2n) is 5.13. The Morgan fingerprint density at radius 2 is 2.18 bits per heavy atom. The maximum Gasteiger partial charge on any atom is 0.268 e. The molecule has 1 amide bonds. The van der Waals surface area contributed by atoms with Gasteiger partial charge in [-0.05, 0) is 29.8 Å². The van der Waals surface area contributed by atoms with Crippen molar-refractivity contribution in [2.24, 2.45) is 0 Å². The molecule has 1 N–H and O–H groups in total. The molecule has 0 bridgehead atoms. The molecule has 3 aromatic rings. The Kier molecular flexibility index (Phi) is 2.90. The van der Waals surface area contributed by atoms with Gasteiger partial charge in [0.05, 0.1) is 16.1 Å². The highest BCUT2D eigenvalue weighted by Gasteiger charge is 2.27. The number of pyridine rings is 1. The summed E-state index contributed by atoms with van der Waals surface area (Å²) in [5, 5.41) is 2.88. The lowest BCUT2D eigenvalue weighted by molar-refractivity contribution is 0.0930. The molecule has 4 rings (SSSR count). The number of nitrogens with zero attached hydrogens (tertiary/aromatic N) is 2. The zero-order valence-corrected chi connectivity index (χ0v) is 12.2. The van der Waals surface area contributed by atoms with E-state index in [4.69, 9.17) is 11.6 Å². The number of hydrogen-bond donors (Lipinski definition) is 1. The first-order valence-electron chi connectivity index (χ1n) is 6.87. The average Bonchev–Trinajstić information content (AvgIpc) is 2.86. The Bertz CT molecular complexity index is 919. The summed E-state index contributed by atoms with van der Waals surface area (Å²) in [6.07, 6.45) is 1.67. The van der Waals surface area contributed by atoms with Crippen molar-refractivity contribution in [2.45, 2.75) is 6.54 Å². The highest BCUT2D eigenvalue weighted by atomic mass is 35.5. The van der Waals surface area contributed by atoms with E-state index in [0.717, 1.165) is 5.52 Å². The van der Waals surface area contributed by atoms with Crippen LogP contribution < -0.4 is 5.32 Å². The summed E-state index contributed by atoms with van der Waals surface area (Å²) in [6, 6.07) is 8.28. The molecule has 2 aromatic heterocycles. The van der Waals surface area contributed by atoms with E-state index in [1.54, 1.807) is 12.3 Å². The molecular weight excluding hydrogens is 305 g/mol. The summed E-state index contributed by atoms with van der Waals surface area (Å²) in [5.74, 6) is -0.686. The second kappa shape index (κ2) is 4.81. The Balaban J connectivity index is 2.10. The van der Waals surface area contributed by atoms with Crippen LogP contribution in [0.15, 0.2) is 36.5 Å². The first-order chi connectivity index (χ1) is 10.7. The summed E-state index contributed by atoms with van der Waals surface area (Å²) in [7, 11) is 0. The third kappa shape index (κ3) is 1.82. The fraction of sp³-hybridized carbons (Fsp3) is 0.125. The highest BCUT2D eigenvalue weighted by molar-refractivity contribution is 6.30. The van der Waals surface area contributed by atoms with E-state index in [2.05, 4.69) is 10.3 Å². The van der Waals surface area contributed by atoms with E-state index in [9.17, 15) is 9.18 Å². The second-order valence-corrected chi connectivity index (χ2v) is 5.54. The van der Waals surface area contributed by atoms with Crippen LogP contribution in [0.1, 0.15) is 10.5 Å². The zero-order valence-electron chi connectivity index (χ0n) is 11.4. The van der Waals surface area contributed by atoms with E-state index in [1.165, 1.54) is 12.1 Å². The van der Waals surface area contributed by atoms with Crippen molar-refractivity contribution in [3.05, 3.63) is 53.1 Å². The van der Waals surface area contributed by atoms with Gasteiger partial charge in [0, 0.05) is 24.8 Å². The molecular formula is C16H11ClFN3O. The molecule has 0 aliphatic carbocycles. The molecule has 0 saturated heterocycles. The van der Waals surface area contributed by atoms with Gasteiger partial charge >= 0.3 is 0 Å². The van der Waals surface area contributed by atoms with Crippen molar-refractivity contribution in [3.8, 4) is 11.1 Å². The summed E-state index contributed by atoms with van der Waals surface area (Å²) >= 11 is 5.76. The molecule has 0 radical (unpaired) electrons. The van der Waals surface area contributed by atoms with Gasteiger partial charge in [0.1, 0.15) is 11.5 Å². The maximum atomic E-state index is 13.8. The largest absolute Gasteiger partial charge is 0.349 e. The average molecular weight is 316 g/mol. The van der Waals surface area contributed by atoms with Gasteiger partial charge in [-0.2, -0.15) is 0 Å². The normalized spacial score (nSPS) is 14.0. The van der Waals surface area contributed by atoms with Crippen LogP contribution in [0.25, 0.3) is 22.2 Å². The molecule has 0 unspecified atom stereocenters. The molecule has 0 fully saturated rings. The Hall–Kier alpha value is -2.40. The number of benzene rings is 1. The zero-order chi connectivity index (χ0) is 15.3. The smallest absolute Gasteiger partial charge is 0.268 e. The number of amides is 1. The van der Waals surface area contributed by atoms with Crippen molar-refractivity contribution in [3.63, 3.8) is 0 Å². The fourth-order valence-electron chi connectivity index (χ4n) is 2.93. The SMILES string of the molecule is O=C1NCCn2c1c(-c1ccc(Cl)c(F)c1)c1ncccc12. The summed E-state index contributed by atoms with van der Waals surface area (Å²) in [5.41, 5.74) is 3.32. The number of fused-ring (bicyclic) bond motifs is 3. The van der Waals surface area contributed by atoms with E-state index >= 15 is 0 Å². The molecule has 1 aliphatic heterocycles.